The Labute approximate surface area is 301 Å². The predicted octanol–water partition coefficient (Wildman–Crippen LogP) is 12.6. The van der Waals surface area contributed by atoms with Crippen LogP contribution in [0.15, 0.2) is 174 Å². The Kier molecular flexibility index (Phi) is 2.32. The molecule has 210 valence electrons. The lowest BCUT2D eigenvalue weighted by atomic mass is 9.85. The molecule has 0 N–H and O–H groups in total. The van der Waals surface area contributed by atoms with Crippen LogP contribution in [0.4, 0.5) is 0 Å². The molecule has 0 aliphatic rings. The summed E-state index contributed by atoms with van der Waals surface area (Å²) in [5.74, 6) is 0. The fourth-order valence-corrected chi connectivity index (χ4v) is 5.07. The summed E-state index contributed by atoms with van der Waals surface area (Å²) in [4.78, 5) is 0. The second kappa shape index (κ2) is 10.4. The van der Waals surface area contributed by atoms with Gasteiger partial charge in [0.25, 0.3) is 0 Å². The molecule has 0 aliphatic heterocycles. The van der Waals surface area contributed by atoms with Crippen molar-refractivity contribution in [3.63, 3.8) is 0 Å². The van der Waals surface area contributed by atoms with Gasteiger partial charge >= 0.3 is 0 Å². The Hall–Kier alpha value is -5.92. The van der Waals surface area contributed by atoms with Gasteiger partial charge in [-0.2, -0.15) is 0 Å². The first-order valence-electron chi connectivity index (χ1n) is 27.2. The van der Waals surface area contributed by atoms with Gasteiger partial charge in [-0.15, -0.1) is 0 Å². The van der Waals surface area contributed by atoms with Crippen molar-refractivity contribution in [2.75, 3.05) is 0 Å². The molecule has 0 radical (unpaired) electrons. The summed E-state index contributed by atoms with van der Waals surface area (Å²) in [6, 6.07) is -26.0. The molecule has 1 heteroatoms. The highest BCUT2D eigenvalue weighted by atomic mass is 16.3. The Morgan fingerprint density at radius 1 is 0.289 bits per heavy atom. The van der Waals surface area contributed by atoms with Gasteiger partial charge in [0, 0.05) is 10.8 Å². The summed E-state index contributed by atoms with van der Waals surface area (Å²) in [7, 11) is 0. The van der Waals surface area contributed by atoms with Crippen molar-refractivity contribution in [2.24, 2.45) is 0 Å². The molecule has 9 aromatic rings. The van der Waals surface area contributed by atoms with Crippen molar-refractivity contribution in [2.45, 2.75) is 0 Å². The molecule has 0 saturated carbocycles. The predicted molar refractivity (Wildman–Crippen MR) is 190 cm³/mol. The van der Waals surface area contributed by atoms with Gasteiger partial charge in [-0.1, -0.05) is 145 Å². The minimum atomic E-state index is -1.06. The molecule has 1 nitrogen and oxygen atoms in total. The van der Waals surface area contributed by atoms with E-state index >= 15 is 0 Å². The van der Waals surface area contributed by atoms with E-state index < -0.39 is 257 Å². The van der Waals surface area contributed by atoms with E-state index in [1.807, 2.05) is 0 Å². The van der Waals surface area contributed by atoms with E-state index in [1.54, 1.807) is 0 Å². The van der Waals surface area contributed by atoms with Crippen LogP contribution in [-0.2, 0) is 0 Å². The van der Waals surface area contributed by atoms with Gasteiger partial charge in [-0.3, -0.25) is 0 Å². The van der Waals surface area contributed by atoms with Crippen LogP contribution in [-0.4, -0.2) is 0 Å². The van der Waals surface area contributed by atoms with Gasteiger partial charge in [0.2, 0.25) is 0 Å². The van der Waals surface area contributed by atoms with Gasteiger partial charge in [-0.25, -0.2) is 0 Å². The standard InChI is InChI=1S/C44H28O/c1-3-11-29(12-4-1)31-19-21-32(22-20-31)43-37-15-7-9-17-39(37)44(40-18-10-8-16-38(40)43)34-24-26-36-35-25-23-33(30-13-5-2-6-14-30)27-41(35)45-42(36)28-34/h1-28H/i1D,2D,3D,4D,5D,6D,7D,8D,9D,10D,11D,12D,13D,14D,15D,16D,17D,18D,19D,20D,21D,22D,23D,24D,25D,26D,27D,28D. The van der Waals surface area contributed by atoms with Crippen LogP contribution in [0.2, 0.25) is 0 Å². The van der Waals surface area contributed by atoms with Crippen molar-refractivity contribution < 1.29 is 42.8 Å². The van der Waals surface area contributed by atoms with Gasteiger partial charge < -0.3 is 4.42 Å². The van der Waals surface area contributed by atoms with Crippen LogP contribution in [0.25, 0.3) is 88.0 Å². The Balaban J connectivity index is 1.51. The van der Waals surface area contributed by atoms with Crippen LogP contribution in [0, 0.1) is 0 Å². The molecule has 9 rings (SSSR count). The lowest BCUT2D eigenvalue weighted by molar-refractivity contribution is 0.669. The third-order valence-electron chi connectivity index (χ3n) is 7.01. The number of rotatable bonds is 4. The van der Waals surface area contributed by atoms with Crippen LogP contribution >= 0.6 is 0 Å². The second-order valence-electron chi connectivity index (χ2n) is 9.51. The summed E-state index contributed by atoms with van der Waals surface area (Å²) < 4.78 is 254. The zero-order valence-corrected chi connectivity index (χ0v) is 22.4. The molecule has 0 atom stereocenters. The summed E-state index contributed by atoms with van der Waals surface area (Å²) in [6.07, 6.45) is 0. The maximum atomic E-state index is 9.66. The molecular formula is C44H28O. The highest BCUT2D eigenvalue weighted by Crippen LogP contribution is 2.45. The molecule has 0 fully saturated rings. The van der Waals surface area contributed by atoms with E-state index in [1.165, 1.54) is 0 Å². The molecule has 0 spiro atoms. The monoisotopic (exact) mass is 600 g/mol. The van der Waals surface area contributed by atoms with Crippen molar-refractivity contribution in [3.8, 4) is 44.5 Å². The molecule has 8 aromatic carbocycles. The average Bonchev–Trinajstić information content (AvgIpc) is 3.78. The third-order valence-corrected chi connectivity index (χ3v) is 7.01. The van der Waals surface area contributed by atoms with Crippen molar-refractivity contribution in [1.29, 1.82) is 0 Å². The van der Waals surface area contributed by atoms with Gasteiger partial charge in [0.05, 0.1) is 38.4 Å². The second-order valence-corrected chi connectivity index (χ2v) is 9.51. The van der Waals surface area contributed by atoms with E-state index in [-0.39, 0.29) is 0 Å². The Bertz CT molecular complexity index is 3950. The minimum absolute atomic E-state index is 0.496. The Morgan fingerprint density at radius 2 is 0.644 bits per heavy atom. The average molecular weight is 601 g/mol. The van der Waals surface area contributed by atoms with Crippen molar-refractivity contribution in [1.82, 2.24) is 0 Å². The first-order chi connectivity index (χ1) is 34.0. The van der Waals surface area contributed by atoms with Gasteiger partial charge in [-0.05, 0) is 90.2 Å². The molecule has 0 bridgehead atoms. The number of hydrogen-bond acceptors (Lipinski definition) is 1. The fourth-order valence-electron chi connectivity index (χ4n) is 5.07. The van der Waals surface area contributed by atoms with E-state index in [0.29, 0.717) is 0 Å². The highest BCUT2D eigenvalue weighted by Gasteiger charge is 2.18. The van der Waals surface area contributed by atoms with E-state index in [4.69, 9.17) is 30.5 Å². The van der Waals surface area contributed by atoms with E-state index in [2.05, 4.69) is 0 Å². The highest BCUT2D eigenvalue weighted by molar-refractivity contribution is 6.22. The summed E-state index contributed by atoms with van der Waals surface area (Å²) in [6.45, 7) is 0. The van der Waals surface area contributed by atoms with Crippen LogP contribution in [0.1, 0.15) is 38.4 Å². The fraction of sp³-hybridized carbons (Fsp3) is 0. The molecule has 45 heavy (non-hydrogen) atoms. The van der Waals surface area contributed by atoms with Crippen molar-refractivity contribution in [3.05, 3.63) is 169 Å². The molecule has 1 aromatic heterocycles. The van der Waals surface area contributed by atoms with Gasteiger partial charge in [0.1, 0.15) is 11.2 Å². The lowest BCUT2D eigenvalue weighted by Crippen LogP contribution is -1.91. The Morgan fingerprint density at radius 3 is 1.18 bits per heavy atom. The van der Waals surface area contributed by atoms with Crippen molar-refractivity contribution >= 4 is 43.5 Å². The first kappa shape index (κ1) is 10.1. The topological polar surface area (TPSA) is 13.1 Å². The van der Waals surface area contributed by atoms with Crippen LogP contribution < -0.4 is 0 Å². The number of furan rings is 1. The molecule has 0 unspecified atom stereocenters. The summed E-state index contributed by atoms with van der Waals surface area (Å²) >= 11 is 0. The molecular weight excluding hydrogens is 544 g/mol. The molecule has 0 aliphatic carbocycles. The smallest absolute Gasteiger partial charge is 0.136 e. The van der Waals surface area contributed by atoms with E-state index in [0.717, 1.165) is 0 Å². The normalized spacial score (nSPS) is 20.3. The first-order valence-corrected chi connectivity index (χ1v) is 13.2. The van der Waals surface area contributed by atoms with E-state index in [9.17, 15) is 12.3 Å². The van der Waals surface area contributed by atoms with Crippen LogP contribution in [0.3, 0.4) is 0 Å². The summed E-state index contributed by atoms with van der Waals surface area (Å²) in [5, 5.41) is -3.97. The molecule has 1 heterocycles. The third kappa shape index (κ3) is 4.24. The maximum absolute atomic E-state index is 9.66. The quantitative estimate of drug-likeness (QED) is 0.183. The molecule has 0 saturated heterocycles. The maximum Gasteiger partial charge on any atom is 0.136 e. The number of hydrogen-bond donors (Lipinski definition) is 0. The number of benzene rings is 8. The summed E-state index contributed by atoms with van der Waals surface area (Å²) in [5.41, 5.74) is -7.29. The SMILES string of the molecule is [2H]c1c([2H])c([2H])c(-c2c([2H])c([2H])c(-c3c4c([2H])c([2H])c([2H])c([2H])c4c(-c4c([2H])c([2H])c5c(oc6c([2H])c(-c7c([2H])c([2H])c([2H])c([2H])c7[2H])c([2H])c([2H])c65)c4[2H])c4c([2H])c([2H])c([2H])c([2H])c34)c([2H])c2[2H])c([2H])c1[2H]. The zero-order valence-electron chi connectivity index (χ0n) is 50.4. The van der Waals surface area contributed by atoms with Gasteiger partial charge in [0.15, 0.2) is 0 Å². The van der Waals surface area contributed by atoms with Crippen LogP contribution in [0.5, 0.6) is 0 Å². The minimum Gasteiger partial charge on any atom is -0.456 e. The lowest BCUT2D eigenvalue weighted by Gasteiger charge is -2.18. The molecule has 0 amide bonds. The number of fused-ring (bicyclic) bond motifs is 5. The zero-order chi connectivity index (χ0) is 54.1. The largest absolute Gasteiger partial charge is 0.456 e.